The third-order valence-corrected chi connectivity index (χ3v) is 4.04. The van der Waals surface area contributed by atoms with Crippen molar-refractivity contribution in [2.45, 2.75) is 13.0 Å². The van der Waals surface area contributed by atoms with Gasteiger partial charge in [-0.1, -0.05) is 36.4 Å². The predicted molar refractivity (Wildman–Crippen MR) is 99.7 cm³/mol. The van der Waals surface area contributed by atoms with Crippen molar-refractivity contribution in [1.29, 1.82) is 0 Å². The zero-order chi connectivity index (χ0) is 19.9. The number of aromatic nitrogens is 2. The zero-order valence-electron chi connectivity index (χ0n) is 15.1. The molecule has 1 aromatic heterocycles. The van der Waals surface area contributed by atoms with Crippen molar-refractivity contribution in [3.05, 3.63) is 65.9 Å². The molecule has 0 aliphatic carbocycles. The third-order valence-electron chi connectivity index (χ3n) is 4.04. The predicted octanol–water partition coefficient (Wildman–Crippen LogP) is 3.66. The molecule has 146 valence electrons. The number of rotatable bonds is 8. The molecule has 0 atom stereocenters. The Morgan fingerprint density at radius 3 is 2.64 bits per heavy atom. The average molecular weight is 387 g/mol. The fraction of sp³-hybridized carbons (Fsp3) is 0.200. The number of amides is 1. The van der Waals surface area contributed by atoms with E-state index in [0.717, 1.165) is 11.1 Å². The maximum atomic E-state index is 12.5. The van der Waals surface area contributed by atoms with Crippen LogP contribution >= 0.6 is 0 Å². The van der Waals surface area contributed by atoms with E-state index in [-0.39, 0.29) is 17.4 Å². The number of carbonyl (C=O) groups is 1. The molecule has 0 unspecified atom stereocenters. The van der Waals surface area contributed by atoms with Crippen LogP contribution in [0.5, 0.6) is 11.5 Å². The van der Waals surface area contributed by atoms with Crippen molar-refractivity contribution in [3.63, 3.8) is 0 Å². The second-order valence-electron chi connectivity index (χ2n) is 5.90. The van der Waals surface area contributed by atoms with Crippen molar-refractivity contribution in [1.82, 2.24) is 15.5 Å². The van der Waals surface area contributed by atoms with Crippen molar-refractivity contribution < 1.29 is 23.0 Å². The van der Waals surface area contributed by atoms with Gasteiger partial charge in [-0.15, -0.1) is 0 Å². The van der Waals surface area contributed by atoms with Crippen LogP contribution in [0.4, 0.5) is 8.78 Å². The first-order valence-electron chi connectivity index (χ1n) is 8.57. The SMILES string of the molecule is COc1ccc(CCNC(=O)c2cc(-c3ccccc3)n[nH]2)cc1OC(F)F. The summed E-state index contributed by atoms with van der Waals surface area (Å²) in [5, 5.41) is 9.63. The van der Waals surface area contributed by atoms with Gasteiger partial charge in [0, 0.05) is 12.1 Å². The molecule has 0 spiro atoms. The third kappa shape index (κ3) is 4.85. The van der Waals surface area contributed by atoms with Gasteiger partial charge in [-0.25, -0.2) is 0 Å². The molecule has 3 aromatic rings. The molecule has 0 aliphatic rings. The summed E-state index contributed by atoms with van der Waals surface area (Å²) in [5.41, 5.74) is 2.65. The highest BCUT2D eigenvalue weighted by atomic mass is 19.3. The van der Waals surface area contributed by atoms with Crippen LogP contribution in [0, 0.1) is 0 Å². The summed E-state index contributed by atoms with van der Waals surface area (Å²) in [4.78, 5) is 12.3. The summed E-state index contributed by atoms with van der Waals surface area (Å²) in [6.45, 7) is -2.62. The molecule has 8 heteroatoms. The van der Waals surface area contributed by atoms with Crippen molar-refractivity contribution in [2.24, 2.45) is 0 Å². The van der Waals surface area contributed by atoms with Gasteiger partial charge in [-0.2, -0.15) is 13.9 Å². The second-order valence-corrected chi connectivity index (χ2v) is 5.90. The van der Waals surface area contributed by atoms with Crippen LogP contribution in [0.25, 0.3) is 11.3 Å². The van der Waals surface area contributed by atoms with E-state index in [1.807, 2.05) is 30.3 Å². The summed E-state index contributed by atoms with van der Waals surface area (Å²) in [6, 6.07) is 15.9. The Labute approximate surface area is 160 Å². The molecule has 6 nitrogen and oxygen atoms in total. The Bertz CT molecular complexity index is 929. The van der Waals surface area contributed by atoms with Crippen molar-refractivity contribution in [3.8, 4) is 22.8 Å². The Kier molecular flexibility index (Phi) is 6.21. The van der Waals surface area contributed by atoms with Crippen molar-refractivity contribution >= 4 is 5.91 Å². The first kappa shape index (κ1) is 19.3. The largest absolute Gasteiger partial charge is 0.493 e. The van der Waals surface area contributed by atoms with E-state index in [1.54, 1.807) is 18.2 Å². The monoisotopic (exact) mass is 387 g/mol. The number of alkyl halides is 2. The van der Waals surface area contributed by atoms with E-state index in [2.05, 4.69) is 20.3 Å². The number of methoxy groups -OCH3 is 1. The lowest BCUT2D eigenvalue weighted by molar-refractivity contribution is -0.0512. The van der Waals surface area contributed by atoms with Crippen LogP contribution in [0.3, 0.4) is 0 Å². The first-order valence-corrected chi connectivity index (χ1v) is 8.57. The highest BCUT2D eigenvalue weighted by Gasteiger charge is 2.13. The van der Waals surface area contributed by atoms with Gasteiger partial charge in [0.25, 0.3) is 5.91 Å². The summed E-state index contributed by atoms with van der Waals surface area (Å²) in [7, 11) is 1.38. The van der Waals surface area contributed by atoms with Gasteiger partial charge in [0.2, 0.25) is 0 Å². The number of nitrogens with one attached hydrogen (secondary N) is 2. The van der Waals surface area contributed by atoms with Crippen LogP contribution in [0.2, 0.25) is 0 Å². The zero-order valence-corrected chi connectivity index (χ0v) is 15.1. The van der Waals surface area contributed by atoms with Gasteiger partial charge in [0.1, 0.15) is 5.69 Å². The van der Waals surface area contributed by atoms with Crippen molar-refractivity contribution in [2.75, 3.05) is 13.7 Å². The quantitative estimate of drug-likeness (QED) is 0.619. The van der Waals surface area contributed by atoms with Crippen LogP contribution < -0.4 is 14.8 Å². The van der Waals surface area contributed by atoms with Gasteiger partial charge in [0.05, 0.1) is 12.8 Å². The number of carbonyl (C=O) groups excluding carboxylic acids is 1. The first-order chi connectivity index (χ1) is 13.6. The second kappa shape index (κ2) is 8.98. The van der Waals surface area contributed by atoms with Crippen LogP contribution in [-0.2, 0) is 6.42 Å². The molecule has 0 fully saturated rings. The molecule has 0 saturated carbocycles. The van der Waals surface area contributed by atoms with Gasteiger partial charge in [-0.05, 0) is 30.2 Å². The minimum absolute atomic E-state index is 0.0394. The molecule has 1 amide bonds. The Morgan fingerprint density at radius 1 is 1.14 bits per heavy atom. The van der Waals surface area contributed by atoms with E-state index >= 15 is 0 Å². The van der Waals surface area contributed by atoms with E-state index in [9.17, 15) is 13.6 Å². The Hall–Kier alpha value is -3.42. The van der Waals surface area contributed by atoms with E-state index < -0.39 is 6.61 Å². The molecule has 28 heavy (non-hydrogen) atoms. The molecule has 0 saturated heterocycles. The standard InChI is InChI=1S/C20H19F2N3O3/c1-27-17-8-7-13(11-18(17)28-20(21)22)9-10-23-19(26)16-12-15(24-25-16)14-5-3-2-4-6-14/h2-8,11-12,20H,9-10H2,1H3,(H,23,26)(H,24,25). The smallest absolute Gasteiger partial charge is 0.387 e. The summed E-state index contributed by atoms with van der Waals surface area (Å²) >= 11 is 0. The summed E-state index contributed by atoms with van der Waals surface area (Å²) < 4.78 is 34.5. The molecule has 0 bridgehead atoms. The molecule has 2 aromatic carbocycles. The lowest BCUT2D eigenvalue weighted by Gasteiger charge is -2.11. The minimum atomic E-state index is -2.94. The van der Waals surface area contributed by atoms with Crippen LogP contribution in [0.15, 0.2) is 54.6 Å². The number of hydrogen-bond donors (Lipinski definition) is 2. The lowest BCUT2D eigenvalue weighted by Crippen LogP contribution is -2.26. The van der Waals surface area contributed by atoms with Gasteiger partial charge in [-0.3, -0.25) is 9.89 Å². The number of ether oxygens (including phenoxy) is 2. The normalized spacial score (nSPS) is 10.7. The number of halogens is 2. The van der Waals surface area contributed by atoms with E-state index in [0.29, 0.717) is 24.4 Å². The number of H-pyrrole nitrogens is 1. The molecule has 2 N–H and O–H groups in total. The maximum absolute atomic E-state index is 12.5. The highest BCUT2D eigenvalue weighted by molar-refractivity contribution is 5.93. The number of aromatic amines is 1. The number of hydrogen-bond acceptors (Lipinski definition) is 4. The van der Waals surface area contributed by atoms with E-state index in [1.165, 1.54) is 13.2 Å². The maximum Gasteiger partial charge on any atom is 0.387 e. The molecule has 0 aliphatic heterocycles. The van der Waals surface area contributed by atoms with Gasteiger partial charge >= 0.3 is 6.61 Å². The molecule has 0 radical (unpaired) electrons. The topological polar surface area (TPSA) is 76.2 Å². The molecule has 3 rings (SSSR count). The number of nitrogens with zero attached hydrogens (tertiary/aromatic N) is 1. The Morgan fingerprint density at radius 2 is 1.93 bits per heavy atom. The summed E-state index contributed by atoms with van der Waals surface area (Å²) in [5.74, 6) is -0.117. The molecular weight excluding hydrogens is 368 g/mol. The van der Waals surface area contributed by atoms with Crippen LogP contribution in [0.1, 0.15) is 16.1 Å². The fourth-order valence-corrected chi connectivity index (χ4v) is 2.68. The molecule has 1 heterocycles. The Balaban J connectivity index is 1.58. The van der Waals surface area contributed by atoms with Gasteiger partial charge < -0.3 is 14.8 Å². The van der Waals surface area contributed by atoms with E-state index in [4.69, 9.17) is 4.74 Å². The summed E-state index contributed by atoms with van der Waals surface area (Å²) in [6.07, 6.45) is 0.439. The van der Waals surface area contributed by atoms with Crippen LogP contribution in [-0.4, -0.2) is 36.4 Å². The fourth-order valence-electron chi connectivity index (χ4n) is 2.68. The lowest BCUT2D eigenvalue weighted by atomic mass is 10.1. The van der Waals surface area contributed by atoms with Gasteiger partial charge in [0.15, 0.2) is 11.5 Å². The number of benzene rings is 2. The average Bonchev–Trinajstić information content (AvgIpc) is 3.19. The molecular formula is C20H19F2N3O3. The minimum Gasteiger partial charge on any atom is -0.493 e. The highest BCUT2D eigenvalue weighted by Crippen LogP contribution is 2.29.